The summed E-state index contributed by atoms with van der Waals surface area (Å²) in [5, 5.41) is 1.41. The Hall–Kier alpha value is -1.09. The van der Waals surface area contributed by atoms with Gasteiger partial charge in [0.05, 0.1) is 0 Å². The number of allylic oxidation sites excluding steroid dienone is 4. The summed E-state index contributed by atoms with van der Waals surface area (Å²) in [5.74, 6) is 0. The molecule has 2 aromatic rings. The summed E-state index contributed by atoms with van der Waals surface area (Å²) in [6.45, 7) is 13.3. The van der Waals surface area contributed by atoms with Crippen LogP contribution in [0.2, 0.25) is 13.1 Å². The lowest BCUT2D eigenvalue weighted by molar-refractivity contribution is 1.18. The van der Waals surface area contributed by atoms with Gasteiger partial charge in [-0.25, -0.2) is 0 Å². The van der Waals surface area contributed by atoms with E-state index in [9.17, 15) is 0 Å². The zero-order valence-electron chi connectivity index (χ0n) is 17.1. The van der Waals surface area contributed by atoms with Gasteiger partial charge in [-0.15, -0.1) is 0 Å². The van der Waals surface area contributed by atoms with E-state index in [1.807, 2.05) is 0 Å². The molecular weight excluding hydrogens is 432 g/mol. The monoisotopic (exact) mass is 458 g/mol. The average Bonchev–Trinajstić information content (AvgIpc) is 3.06. The van der Waals surface area contributed by atoms with Gasteiger partial charge in [0, 0.05) is 4.47 Å². The third-order valence-electron chi connectivity index (χ3n) is 5.91. The molecule has 4 rings (SSSR count). The van der Waals surface area contributed by atoms with Crippen LogP contribution in [0.3, 0.4) is 0 Å². The minimum Gasteiger partial charge on any atom is -0.162 e. The summed E-state index contributed by atoms with van der Waals surface area (Å²) in [7, 11) is -1.70. The number of fused-ring (bicyclic) bond motifs is 2. The van der Waals surface area contributed by atoms with Crippen LogP contribution in [0, 0.1) is 0 Å². The van der Waals surface area contributed by atoms with Gasteiger partial charge in [0.25, 0.3) is 0 Å². The fraction of sp³-hybridized carbons (Fsp3) is 0.333. The molecule has 0 radical (unpaired) electrons. The predicted octanol–water partition coefficient (Wildman–Crippen LogP) is 7.49. The van der Waals surface area contributed by atoms with Gasteiger partial charge >= 0.3 is 0 Å². The summed E-state index contributed by atoms with van der Waals surface area (Å²) < 4.78 is 1.25. The lowest BCUT2D eigenvalue weighted by Crippen LogP contribution is -2.37. The fourth-order valence-corrected chi connectivity index (χ4v) is 6.50. The van der Waals surface area contributed by atoms with Gasteiger partial charge in [-0.2, -0.15) is 11.1 Å². The van der Waals surface area contributed by atoms with Crippen LogP contribution in [0.15, 0.2) is 52.0 Å². The molecule has 0 unspecified atom stereocenters. The maximum absolute atomic E-state index is 6.56. The van der Waals surface area contributed by atoms with E-state index in [1.54, 1.807) is 0 Å². The number of hydrogen-bond acceptors (Lipinski definition) is 0. The molecule has 142 valence electrons. The Morgan fingerprint density at radius 2 is 1.26 bits per heavy atom. The first-order chi connectivity index (χ1) is 12.6. The molecule has 0 nitrogen and oxygen atoms in total. The predicted molar refractivity (Wildman–Crippen MR) is 127 cm³/mol. The van der Waals surface area contributed by atoms with Crippen molar-refractivity contribution >= 4 is 50.7 Å². The molecule has 0 spiro atoms. The molecule has 0 saturated carbocycles. The number of benzene rings is 2. The summed E-state index contributed by atoms with van der Waals surface area (Å²) in [5.41, 5.74) is 11.7. The minimum atomic E-state index is -1.70. The van der Waals surface area contributed by atoms with Crippen molar-refractivity contribution < 1.29 is 0 Å². The Morgan fingerprint density at radius 3 is 1.78 bits per heavy atom. The van der Waals surface area contributed by atoms with Crippen molar-refractivity contribution in [2.45, 2.75) is 53.6 Å². The standard InChI is InChI=1S/C13H17ClSi.C11H11Br/c1-9-8-12-11(10(9)2)6-5-7-13(12)15(3,4)14;1-7-6-10-9(8(7)2)4-3-5-11(10)12/h5-7H,8H2,1-4H3;3-5H,6H2,1-2H3. The zero-order chi connectivity index (χ0) is 19.9. The molecule has 0 atom stereocenters. The van der Waals surface area contributed by atoms with Gasteiger partial charge in [-0.1, -0.05) is 70.5 Å². The van der Waals surface area contributed by atoms with Gasteiger partial charge in [0.1, 0.15) is 0 Å². The lowest BCUT2D eigenvalue weighted by atomic mass is 10.1. The van der Waals surface area contributed by atoms with Crippen molar-refractivity contribution in [3.8, 4) is 0 Å². The van der Waals surface area contributed by atoms with E-state index in [0.29, 0.717) is 0 Å². The third kappa shape index (κ3) is 4.04. The van der Waals surface area contributed by atoms with E-state index < -0.39 is 7.38 Å². The second kappa shape index (κ2) is 7.73. The van der Waals surface area contributed by atoms with Gasteiger partial charge in [-0.05, 0) is 85.2 Å². The van der Waals surface area contributed by atoms with Crippen molar-refractivity contribution in [1.82, 2.24) is 0 Å². The Balaban J connectivity index is 0.000000159. The molecule has 27 heavy (non-hydrogen) atoms. The van der Waals surface area contributed by atoms with Crippen LogP contribution in [-0.4, -0.2) is 7.38 Å². The average molecular weight is 460 g/mol. The molecule has 2 aliphatic carbocycles. The van der Waals surface area contributed by atoms with Crippen molar-refractivity contribution in [1.29, 1.82) is 0 Å². The van der Waals surface area contributed by atoms with Crippen molar-refractivity contribution in [3.63, 3.8) is 0 Å². The minimum absolute atomic E-state index is 1.10. The van der Waals surface area contributed by atoms with Crippen LogP contribution in [0.25, 0.3) is 11.1 Å². The van der Waals surface area contributed by atoms with Gasteiger partial charge < -0.3 is 0 Å². The van der Waals surface area contributed by atoms with E-state index in [1.165, 1.54) is 54.2 Å². The Bertz CT molecular complexity index is 961. The Kier molecular flexibility index (Phi) is 5.91. The van der Waals surface area contributed by atoms with E-state index in [-0.39, 0.29) is 0 Å². The highest BCUT2D eigenvalue weighted by molar-refractivity contribution is 9.10. The summed E-state index contributed by atoms with van der Waals surface area (Å²) in [4.78, 5) is 0. The van der Waals surface area contributed by atoms with E-state index >= 15 is 0 Å². The molecule has 0 aliphatic heterocycles. The third-order valence-corrected chi connectivity index (χ3v) is 9.01. The van der Waals surface area contributed by atoms with Gasteiger partial charge in [-0.3, -0.25) is 0 Å². The SMILES string of the molecule is CC1=C(C)c2cccc(Br)c2C1.CC1=C(C)c2cccc([Si](C)(C)Cl)c2C1. The smallest absolute Gasteiger partial charge is 0.162 e. The Labute approximate surface area is 178 Å². The second-order valence-corrected chi connectivity index (χ2v) is 15.4. The van der Waals surface area contributed by atoms with Gasteiger partial charge in [0.15, 0.2) is 7.38 Å². The second-order valence-electron chi connectivity index (χ2n) is 8.23. The first-order valence-corrected chi connectivity index (χ1v) is 14.3. The number of halogens is 2. The first kappa shape index (κ1) is 20.6. The summed E-state index contributed by atoms with van der Waals surface area (Å²) in [6, 6.07) is 13.0. The molecule has 0 heterocycles. The lowest BCUT2D eigenvalue weighted by Gasteiger charge is -2.18. The number of hydrogen-bond donors (Lipinski definition) is 0. The molecule has 0 aromatic heterocycles. The first-order valence-electron chi connectivity index (χ1n) is 9.53. The van der Waals surface area contributed by atoms with E-state index in [2.05, 4.69) is 93.1 Å². The highest BCUT2D eigenvalue weighted by Crippen LogP contribution is 2.36. The van der Waals surface area contributed by atoms with Crippen molar-refractivity contribution in [2.24, 2.45) is 0 Å². The zero-order valence-corrected chi connectivity index (χ0v) is 20.5. The maximum atomic E-state index is 6.56. The highest BCUT2D eigenvalue weighted by Gasteiger charge is 2.27. The quantitative estimate of drug-likeness (QED) is 0.306. The van der Waals surface area contributed by atoms with Crippen LogP contribution in [0.5, 0.6) is 0 Å². The fourth-order valence-electron chi connectivity index (χ4n) is 4.03. The van der Waals surface area contributed by atoms with Crippen LogP contribution < -0.4 is 5.19 Å². The van der Waals surface area contributed by atoms with Crippen LogP contribution in [0.1, 0.15) is 49.9 Å². The van der Waals surface area contributed by atoms with Crippen LogP contribution in [0.4, 0.5) is 0 Å². The Morgan fingerprint density at radius 1 is 0.778 bits per heavy atom. The summed E-state index contributed by atoms with van der Waals surface area (Å²) >= 11 is 10.1. The van der Waals surface area contributed by atoms with Crippen molar-refractivity contribution in [3.05, 3.63) is 74.3 Å². The number of rotatable bonds is 1. The molecular formula is C24H28BrClSi. The molecule has 0 N–H and O–H groups in total. The molecule has 3 heteroatoms. The normalized spacial score (nSPS) is 15.6. The maximum Gasteiger partial charge on any atom is 0.181 e. The topological polar surface area (TPSA) is 0 Å². The largest absolute Gasteiger partial charge is 0.181 e. The van der Waals surface area contributed by atoms with Crippen LogP contribution in [-0.2, 0) is 12.8 Å². The molecule has 0 saturated heterocycles. The molecule has 0 bridgehead atoms. The van der Waals surface area contributed by atoms with Crippen molar-refractivity contribution in [2.75, 3.05) is 0 Å². The highest BCUT2D eigenvalue weighted by atomic mass is 79.9. The van der Waals surface area contributed by atoms with E-state index in [0.717, 1.165) is 12.8 Å². The molecule has 0 amide bonds. The summed E-state index contributed by atoms with van der Waals surface area (Å²) in [6.07, 6.45) is 2.21. The molecule has 2 aliphatic rings. The molecule has 2 aromatic carbocycles. The van der Waals surface area contributed by atoms with E-state index in [4.69, 9.17) is 11.1 Å². The van der Waals surface area contributed by atoms with Crippen LogP contribution >= 0.6 is 27.0 Å². The van der Waals surface area contributed by atoms with Gasteiger partial charge in [0.2, 0.25) is 0 Å². The molecule has 0 fully saturated rings.